The Morgan fingerprint density at radius 3 is 2.73 bits per heavy atom. The largest absolute Gasteiger partial charge is 0.506 e. The molecule has 3 heteroatoms. The second-order valence-electron chi connectivity index (χ2n) is 2.13. The first-order valence-corrected chi connectivity index (χ1v) is 3.96. The normalized spacial score (nSPS) is 9.55. The summed E-state index contributed by atoms with van der Waals surface area (Å²) in [6.45, 7) is 0.666. The highest BCUT2D eigenvalue weighted by molar-refractivity contribution is 6.18. The predicted molar refractivity (Wildman–Crippen MR) is 47.3 cm³/mol. The lowest BCUT2D eigenvalue weighted by Crippen LogP contribution is -2.01. The van der Waals surface area contributed by atoms with Crippen LogP contribution in [-0.4, -0.2) is 17.5 Å². The van der Waals surface area contributed by atoms with Gasteiger partial charge in [0.2, 0.25) is 0 Å². The van der Waals surface area contributed by atoms with Crippen molar-refractivity contribution >= 4 is 17.3 Å². The highest BCUT2D eigenvalue weighted by atomic mass is 35.5. The van der Waals surface area contributed by atoms with Gasteiger partial charge in [-0.25, -0.2) is 0 Å². The zero-order valence-corrected chi connectivity index (χ0v) is 6.80. The van der Waals surface area contributed by atoms with E-state index in [9.17, 15) is 5.11 Å². The number of hydrogen-bond donors (Lipinski definition) is 2. The van der Waals surface area contributed by atoms with E-state index >= 15 is 0 Å². The molecule has 0 heterocycles. The summed E-state index contributed by atoms with van der Waals surface area (Å²) >= 11 is 5.46. The molecule has 0 bridgehead atoms. The molecule has 0 spiro atoms. The number of anilines is 1. The van der Waals surface area contributed by atoms with Gasteiger partial charge in [0.05, 0.1) is 5.69 Å². The van der Waals surface area contributed by atoms with Crippen LogP contribution < -0.4 is 5.32 Å². The van der Waals surface area contributed by atoms with Crippen LogP contribution in [0.15, 0.2) is 24.3 Å². The van der Waals surface area contributed by atoms with Crippen LogP contribution in [0.3, 0.4) is 0 Å². The second kappa shape index (κ2) is 4.09. The minimum Gasteiger partial charge on any atom is -0.506 e. The molecule has 60 valence electrons. The minimum atomic E-state index is 0.262. The standard InChI is InChI=1S/C8H10ClNO/c9-5-6-10-7-3-1-2-4-8(7)11/h1-4,10-11H,5-6H2. The molecule has 0 saturated carbocycles. The fourth-order valence-corrected chi connectivity index (χ4v) is 0.900. The monoisotopic (exact) mass is 171 g/mol. The third-order valence-corrected chi connectivity index (χ3v) is 1.50. The molecule has 0 aromatic heterocycles. The Hall–Kier alpha value is -0.890. The first-order valence-electron chi connectivity index (χ1n) is 3.42. The lowest BCUT2D eigenvalue weighted by atomic mass is 10.3. The Morgan fingerprint density at radius 2 is 2.09 bits per heavy atom. The highest BCUT2D eigenvalue weighted by Gasteiger charge is 1.95. The molecule has 1 aromatic carbocycles. The van der Waals surface area contributed by atoms with E-state index in [-0.39, 0.29) is 5.75 Å². The van der Waals surface area contributed by atoms with Crippen molar-refractivity contribution in [1.82, 2.24) is 0 Å². The van der Waals surface area contributed by atoms with Crippen LogP contribution >= 0.6 is 11.6 Å². The topological polar surface area (TPSA) is 32.3 Å². The molecule has 1 rings (SSSR count). The number of halogens is 1. The number of aromatic hydroxyl groups is 1. The van der Waals surface area contributed by atoms with Gasteiger partial charge in [0.1, 0.15) is 5.75 Å². The van der Waals surface area contributed by atoms with Crippen molar-refractivity contribution in [2.45, 2.75) is 0 Å². The lowest BCUT2D eigenvalue weighted by Gasteiger charge is -2.04. The van der Waals surface area contributed by atoms with E-state index < -0.39 is 0 Å². The number of phenolic OH excluding ortho intramolecular Hbond substituents is 1. The molecule has 1 aromatic rings. The third kappa shape index (κ3) is 2.31. The van der Waals surface area contributed by atoms with Gasteiger partial charge in [0.15, 0.2) is 0 Å². The van der Waals surface area contributed by atoms with Crippen molar-refractivity contribution in [3.8, 4) is 5.75 Å². The van der Waals surface area contributed by atoms with Gasteiger partial charge in [-0.2, -0.15) is 0 Å². The van der Waals surface area contributed by atoms with Gasteiger partial charge in [-0.1, -0.05) is 12.1 Å². The molecule has 0 fully saturated rings. The SMILES string of the molecule is Oc1ccccc1NCCCl. The number of hydrogen-bond acceptors (Lipinski definition) is 2. The van der Waals surface area contributed by atoms with Crippen molar-refractivity contribution in [3.05, 3.63) is 24.3 Å². The fourth-order valence-electron chi connectivity index (χ4n) is 0.805. The van der Waals surface area contributed by atoms with Crippen LogP contribution in [0.25, 0.3) is 0 Å². The van der Waals surface area contributed by atoms with Gasteiger partial charge in [0.25, 0.3) is 0 Å². The summed E-state index contributed by atoms with van der Waals surface area (Å²) in [5.41, 5.74) is 0.730. The number of para-hydroxylation sites is 2. The molecule has 2 nitrogen and oxygen atoms in total. The Balaban J connectivity index is 2.62. The molecule has 0 aliphatic heterocycles. The van der Waals surface area contributed by atoms with Crippen LogP contribution in [0.2, 0.25) is 0 Å². The van der Waals surface area contributed by atoms with Crippen LogP contribution in [0.1, 0.15) is 0 Å². The van der Waals surface area contributed by atoms with Crippen molar-refractivity contribution in [3.63, 3.8) is 0 Å². The van der Waals surface area contributed by atoms with E-state index in [1.54, 1.807) is 12.1 Å². The summed E-state index contributed by atoms with van der Waals surface area (Å²) in [5, 5.41) is 12.2. The van der Waals surface area contributed by atoms with Crippen LogP contribution in [-0.2, 0) is 0 Å². The van der Waals surface area contributed by atoms with Crippen LogP contribution in [0.4, 0.5) is 5.69 Å². The first kappa shape index (κ1) is 8.21. The molecule has 0 saturated heterocycles. The molecule has 0 aliphatic carbocycles. The van der Waals surface area contributed by atoms with Gasteiger partial charge in [-0.05, 0) is 12.1 Å². The Bertz CT molecular complexity index is 227. The van der Waals surface area contributed by atoms with Crippen molar-refractivity contribution in [1.29, 1.82) is 0 Å². The van der Waals surface area contributed by atoms with E-state index in [0.29, 0.717) is 12.4 Å². The summed E-state index contributed by atoms with van der Waals surface area (Å²) in [7, 11) is 0. The maximum absolute atomic E-state index is 9.23. The highest BCUT2D eigenvalue weighted by Crippen LogP contribution is 2.20. The number of rotatable bonds is 3. The lowest BCUT2D eigenvalue weighted by molar-refractivity contribution is 0.477. The molecule has 11 heavy (non-hydrogen) atoms. The van der Waals surface area contributed by atoms with Gasteiger partial charge in [-0.3, -0.25) is 0 Å². The predicted octanol–water partition coefficient (Wildman–Crippen LogP) is 2.04. The third-order valence-electron chi connectivity index (χ3n) is 1.31. The van der Waals surface area contributed by atoms with Gasteiger partial charge < -0.3 is 10.4 Å². The minimum absolute atomic E-state index is 0.262. The number of alkyl halides is 1. The van der Waals surface area contributed by atoms with E-state index in [1.165, 1.54) is 0 Å². The van der Waals surface area contributed by atoms with Crippen molar-refractivity contribution < 1.29 is 5.11 Å². The van der Waals surface area contributed by atoms with Gasteiger partial charge in [0, 0.05) is 12.4 Å². The molecule has 0 amide bonds. The average molecular weight is 172 g/mol. The van der Waals surface area contributed by atoms with Crippen LogP contribution in [0, 0.1) is 0 Å². The molecule has 0 aliphatic rings. The second-order valence-corrected chi connectivity index (χ2v) is 2.51. The van der Waals surface area contributed by atoms with Crippen molar-refractivity contribution in [2.75, 3.05) is 17.7 Å². The van der Waals surface area contributed by atoms with Gasteiger partial charge >= 0.3 is 0 Å². The Morgan fingerprint density at radius 1 is 1.36 bits per heavy atom. The van der Waals surface area contributed by atoms with Gasteiger partial charge in [-0.15, -0.1) is 11.6 Å². The average Bonchev–Trinajstić information content (AvgIpc) is 2.03. The zero-order valence-electron chi connectivity index (χ0n) is 6.05. The van der Waals surface area contributed by atoms with E-state index in [4.69, 9.17) is 11.6 Å². The van der Waals surface area contributed by atoms with Crippen molar-refractivity contribution in [2.24, 2.45) is 0 Å². The smallest absolute Gasteiger partial charge is 0.138 e. The van der Waals surface area contributed by atoms with E-state index in [1.807, 2.05) is 12.1 Å². The quantitative estimate of drug-likeness (QED) is 0.539. The number of benzene rings is 1. The molecular weight excluding hydrogens is 162 g/mol. The molecule has 2 N–H and O–H groups in total. The molecule has 0 radical (unpaired) electrons. The first-order chi connectivity index (χ1) is 5.34. The maximum atomic E-state index is 9.23. The fraction of sp³-hybridized carbons (Fsp3) is 0.250. The Labute approximate surface area is 70.8 Å². The number of phenols is 1. The summed E-state index contributed by atoms with van der Waals surface area (Å²) in [5.74, 6) is 0.798. The molecule has 0 atom stereocenters. The summed E-state index contributed by atoms with van der Waals surface area (Å²) in [6.07, 6.45) is 0. The molecule has 0 unspecified atom stereocenters. The zero-order chi connectivity index (χ0) is 8.10. The Kier molecular flexibility index (Phi) is 3.05. The summed E-state index contributed by atoms with van der Waals surface area (Å²) in [6, 6.07) is 7.08. The summed E-state index contributed by atoms with van der Waals surface area (Å²) < 4.78 is 0. The maximum Gasteiger partial charge on any atom is 0.138 e. The van der Waals surface area contributed by atoms with E-state index in [0.717, 1.165) is 5.69 Å². The van der Waals surface area contributed by atoms with Crippen LogP contribution in [0.5, 0.6) is 5.75 Å². The number of nitrogens with one attached hydrogen (secondary N) is 1. The van der Waals surface area contributed by atoms with E-state index in [2.05, 4.69) is 5.32 Å². The summed E-state index contributed by atoms with van der Waals surface area (Å²) in [4.78, 5) is 0. The molecular formula is C8H10ClNO.